The lowest BCUT2D eigenvalue weighted by Crippen LogP contribution is -2.59. The molecule has 2 heterocycles. The van der Waals surface area contributed by atoms with Crippen molar-refractivity contribution in [3.8, 4) is 0 Å². The van der Waals surface area contributed by atoms with Gasteiger partial charge in [-0.2, -0.15) is 0 Å². The number of fused-ring (bicyclic) bond motifs is 2. The summed E-state index contributed by atoms with van der Waals surface area (Å²) in [5.41, 5.74) is 6.13. The number of amides is 2. The fourth-order valence-corrected chi connectivity index (χ4v) is 7.31. The molecular weight excluding hydrogens is 571 g/mol. The zero-order valence-corrected chi connectivity index (χ0v) is 25.1. The van der Waals surface area contributed by atoms with Crippen molar-refractivity contribution in [1.82, 2.24) is 10.2 Å². The van der Waals surface area contributed by atoms with Gasteiger partial charge in [0.05, 0.1) is 29.3 Å². The highest BCUT2D eigenvalue weighted by Gasteiger charge is 2.49. The Hall–Kier alpha value is -3.80. The van der Waals surface area contributed by atoms with Crippen molar-refractivity contribution >= 4 is 27.5 Å². The number of hydrogen-bond acceptors (Lipinski definition) is 6. The van der Waals surface area contributed by atoms with E-state index in [1.54, 1.807) is 49.1 Å². The van der Waals surface area contributed by atoms with E-state index in [0.717, 1.165) is 5.56 Å². The lowest BCUT2D eigenvalue weighted by atomic mass is 9.74. The molecule has 3 aromatic rings. The van der Waals surface area contributed by atoms with Crippen LogP contribution < -0.4 is 15.4 Å². The Morgan fingerprint density at radius 1 is 1.02 bits per heavy atom. The number of anilines is 1. The van der Waals surface area contributed by atoms with Gasteiger partial charge in [-0.3, -0.25) is 13.9 Å². The van der Waals surface area contributed by atoms with Crippen molar-refractivity contribution in [2.24, 2.45) is 5.73 Å². The Morgan fingerprint density at radius 2 is 1.65 bits per heavy atom. The van der Waals surface area contributed by atoms with E-state index >= 15 is 0 Å². The van der Waals surface area contributed by atoms with Gasteiger partial charge in [0.1, 0.15) is 11.9 Å². The summed E-state index contributed by atoms with van der Waals surface area (Å²) in [7, 11) is -3.89. The molecule has 43 heavy (non-hydrogen) atoms. The van der Waals surface area contributed by atoms with Gasteiger partial charge < -0.3 is 20.7 Å². The van der Waals surface area contributed by atoms with Gasteiger partial charge in [0, 0.05) is 25.0 Å². The molecule has 1 fully saturated rings. The molecule has 3 N–H and O–H groups in total. The monoisotopic (exact) mass is 608 g/mol. The van der Waals surface area contributed by atoms with E-state index in [1.165, 1.54) is 22.5 Å². The van der Waals surface area contributed by atoms with Gasteiger partial charge in [0.2, 0.25) is 11.8 Å². The summed E-state index contributed by atoms with van der Waals surface area (Å²) in [5, 5.41) is 2.75. The molecule has 0 saturated carbocycles. The molecule has 1 unspecified atom stereocenters. The number of piperidine rings is 1. The predicted molar refractivity (Wildman–Crippen MR) is 161 cm³/mol. The minimum atomic E-state index is -3.89. The highest BCUT2D eigenvalue weighted by atomic mass is 32.2. The fraction of sp³-hybridized carbons (Fsp3) is 0.375. The molecule has 5 rings (SSSR count). The molecule has 2 amide bonds. The zero-order valence-electron chi connectivity index (χ0n) is 24.3. The van der Waals surface area contributed by atoms with Gasteiger partial charge in [0.15, 0.2) is 0 Å². The Balaban J connectivity index is 1.33. The molecule has 0 radical (unpaired) electrons. The lowest BCUT2D eigenvalue weighted by Gasteiger charge is -2.41. The van der Waals surface area contributed by atoms with Crippen molar-refractivity contribution in [2.75, 3.05) is 30.5 Å². The summed E-state index contributed by atoms with van der Waals surface area (Å²) in [5.74, 6) is -1.24. The quantitative estimate of drug-likeness (QED) is 0.385. The van der Waals surface area contributed by atoms with Crippen LogP contribution in [0.1, 0.15) is 37.8 Å². The summed E-state index contributed by atoms with van der Waals surface area (Å²) in [6.07, 6.45) is 0.841. The van der Waals surface area contributed by atoms with E-state index in [0.29, 0.717) is 37.2 Å². The zero-order chi connectivity index (χ0) is 30.8. The predicted octanol–water partition coefficient (Wildman–Crippen LogP) is 3.33. The normalized spacial score (nSPS) is 17.0. The van der Waals surface area contributed by atoms with Crippen molar-refractivity contribution in [3.63, 3.8) is 0 Å². The summed E-state index contributed by atoms with van der Waals surface area (Å²) in [4.78, 5) is 28.3. The van der Waals surface area contributed by atoms with E-state index in [1.807, 2.05) is 30.3 Å². The second-order valence-corrected chi connectivity index (χ2v) is 13.7. The maximum atomic E-state index is 14.5. The van der Waals surface area contributed by atoms with Gasteiger partial charge in [-0.15, -0.1) is 0 Å². The number of halogens is 1. The van der Waals surface area contributed by atoms with Crippen LogP contribution in [0.4, 0.5) is 10.1 Å². The topological polar surface area (TPSA) is 122 Å². The van der Waals surface area contributed by atoms with E-state index in [2.05, 4.69) is 5.32 Å². The van der Waals surface area contributed by atoms with Crippen LogP contribution in [0.3, 0.4) is 0 Å². The van der Waals surface area contributed by atoms with Crippen LogP contribution in [0.25, 0.3) is 0 Å². The molecule has 0 aliphatic carbocycles. The van der Waals surface area contributed by atoms with Crippen molar-refractivity contribution in [1.29, 1.82) is 0 Å². The standard InChI is InChI=1S/C32H37FN4O5S/c1-31(2,34)30(39)35-27(21-42-20-23-9-5-3-6-10-23)29(38)36-17-15-32(16-18-36)22-37(28-14-13-24(33)19-26(28)32)43(40,41)25-11-7-4-8-12-25/h3-14,19,27H,15-18,20-22,34H2,1-2H3,(H,35,39). The minimum Gasteiger partial charge on any atom is -0.374 e. The van der Waals surface area contributed by atoms with Gasteiger partial charge in [-0.05, 0) is 68.1 Å². The van der Waals surface area contributed by atoms with E-state index in [4.69, 9.17) is 10.5 Å². The average molecular weight is 609 g/mol. The molecule has 1 spiro atoms. The first-order chi connectivity index (χ1) is 20.4. The molecule has 0 aromatic heterocycles. The number of rotatable bonds is 9. The maximum absolute atomic E-state index is 14.5. The number of hydrogen-bond donors (Lipinski definition) is 2. The van der Waals surface area contributed by atoms with Crippen molar-refractivity contribution in [2.45, 2.75) is 55.2 Å². The molecule has 3 aromatic carbocycles. The first-order valence-corrected chi connectivity index (χ1v) is 15.7. The summed E-state index contributed by atoms with van der Waals surface area (Å²) >= 11 is 0. The molecule has 1 saturated heterocycles. The maximum Gasteiger partial charge on any atom is 0.264 e. The number of nitrogens with zero attached hydrogens (tertiary/aromatic N) is 2. The molecule has 0 bridgehead atoms. The molecular formula is C32H37FN4O5S. The van der Waals surface area contributed by atoms with Gasteiger partial charge in [0.25, 0.3) is 10.0 Å². The van der Waals surface area contributed by atoms with Crippen LogP contribution in [-0.2, 0) is 36.4 Å². The largest absolute Gasteiger partial charge is 0.374 e. The number of benzene rings is 3. The fourth-order valence-electron chi connectivity index (χ4n) is 5.72. The van der Waals surface area contributed by atoms with Crippen LogP contribution in [0.5, 0.6) is 0 Å². The van der Waals surface area contributed by atoms with E-state index in [9.17, 15) is 22.4 Å². The highest BCUT2D eigenvalue weighted by molar-refractivity contribution is 7.92. The Labute approximate surface area is 251 Å². The molecule has 2 aliphatic heterocycles. The van der Waals surface area contributed by atoms with Gasteiger partial charge in [-0.1, -0.05) is 48.5 Å². The summed E-state index contributed by atoms with van der Waals surface area (Å²) in [6, 6.07) is 20.9. The minimum absolute atomic E-state index is 0.0473. The SMILES string of the molecule is CC(C)(N)C(=O)NC(COCc1ccccc1)C(=O)N1CCC2(CC1)CN(S(=O)(=O)c1ccccc1)c1ccc(F)cc12. The second-order valence-electron chi connectivity index (χ2n) is 11.8. The smallest absolute Gasteiger partial charge is 0.264 e. The third kappa shape index (κ3) is 6.43. The van der Waals surface area contributed by atoms with Crippen molar-refractivity contribution < 1.29 is 27.1 Å². The van der Waals surface area contributed by atoms with Crippen LogP contribution >= 0.6 is 0 Å². The number of nitrogens with two attached hydrogens (primary N) is 1. The first kappa shape index (κ1) is 30.7. The number of sulfonamides is 1. The molecule has 228 valence electrons. The Kier molecular flexibility index (Phi) is 8.60. The third-order valence-electron chi connectivity index (χ3n) is 8.19. The van der Waals surface area contributed by atoms with Gasteiger partial charge >= 0.3 is 0 Å². The number of carbonyl (C=O) groups is 2. The number of ether oxygens (including phenoxy) is 1. The number of likely N-dealkylation sites (tertiary alicyclic amines) is 1. The molecule has 9 nitrogen and oxygen atoms in total. The second kappa shape index (κ2) is 12.1. The summed E-state index contributed by atoms with van der Waals surface area (Å²) in [6.45, 7) is 4.08. The Morgan fingerprint density at radius 3 is 2.28 bits per heavy atom. The van der Waals surface area contributed by atoms with E-state index in [-0.39, 0.29) is 30.6 Å². The third-order valence-corrected chi connectivity index (χ3v) is 9.97. The van der Waals surface area contributed by atoms with Gasteiger partial charge in [-0.25, -0.2) is 12.8 Å². The number of nitrogens with one attached hydrogen (secondary N) is 1. The number of carbonyl (C=O) groups excluding carboxylic acids is 2. The summed E-state index contributed by atoms with van der Waals surface area (Å²) < 4.78 is 49.0. The average Bonchev–Trinajstić information content (AvgIpc) is 3.30. The van der Waals surface area contributed by atoms with Crippen LogP contribution in [0.2, 0.25) is 0 Å². The molecule has 11 heteroatoms. The lowest BCUT2D eigenvalue weighted by molar-refractivity contribution is -0.140. The first-order valence-electron chi connectivity index (χ1n) is 14.3. The van der Waals surface area contributed by atoms with Crippen LogP contribution in [0.15, 0.2) is 83.8 Å². The molecule has 2 aliphatic rings. The van der Waals surface area contributed by atoms with Crippen LogP contribution in [-0.4, -0.2) is 63.0 Å². The van der Waals surface area contributed by atoms with Crippen LogP contribution in [0, 0.1) is 5.82 Å². The van der Waals surface area contributed by atoms with Crippen molar-refractivity contribution in [3.05, 3.63) is 95.8 Å². The molecule has 1 atom stereocenters. The van der Waals surface area contributed by atoms with E-state index < -0.39 is 38.7 Å². The highest BCUT2D eigenvalue weighted by Crippen LogP contribution is 2.49. The Bertz CT molecular complexity index is 1570.